The number of aromatic amines is 1. The Kier molecular flexibility index (Phi) is 6.25. The summed E-state index contributed by atoms with van der Waals surface area (Å²) in [5.41, 5.74) is 1.90. The van der Waals surface area contributed by atoms with Gasteiger partial charge < -0.3 is 33.6 Å². The van der Waals surface area contributed by atoms with Crippen molar-refractivity contribution in [3.8, 4) is 28.7 Å². The van der Waals surface area contributed by atoms with Gasteiger partial charge in [0.2, 0.25) is 0 Å². The standard InChI is InChI=1S/C22H26N2O6/c1-24(12-13-7-8-14(26-2)9-17(13)27-3)22(25)16-10-15-18(28-4)11-19(29-5)21(30-6)20(15)23-16/h7-11,23H,12H2,1-6H3. The molecule has 0 unspecified atom stereocenters. The summed E-state index contributed by atoms with van der Waals surface area (Å²) in [5.74, 6) is 2.75. The van der Waals surface area contributed by atoms with Crippen LogP contribution in [-0.4, -0.2) is 58.4 Å². The van der Waals surface area contributed by atoms with E-state index in [1.165, 1.54) is 0 Å². The fourth-order valence-electron chi connectivity index (χ4n) is 3.37. The van der Waals surface area contributed by atoms with Gasteiger partial charge in [-0.2, -0.15) is 0 Å². The molecule has 2 aromatic carbocycles. The highest BCUT2D eigenvalue weighted by Crippen LogP contribution is 2.41. The summed E-state index contributed by atoms with van der Waals surface area (Å²) in [6.45, 7) is 0.360. The van der Waals surface area contributed by atoms with Gasteiger partial charge >= 0.3 is 0 Å². The van der Waals surface area contributed by atoms with Crippen LogP contribution in [0, 0.1) is 0 Å². The Labute approximate surface area is 175 Å². The van der Waals surface area contributed by atoms with Gasteiger partial charge in [0.1, 0.15) is 22.9 Å². The van der Waals surface area contributed by atoms with Crippen molar-refractivity contribution in [2.75, 3.05) is 42.6 Å². The molecule has 8 heteroatoms. The maximum absolute atomic E-state index is 13.1. The van der Waals surface area contributed by atoms with E-state index >= 15 is 0 Å². The lowest BCUT2D eigenvalue weighted by Crippen LogP contribution is -2.26. The van der Waals surface area contributed by atoms with E-state index in [0.29, 0.717) is 46.5 Å². The van der Waals surface area contributed by atoms with Crippen LogP contribution in [0.4, 0.5) is 0 Å². The van der Waals surface area contributed by atoms with Crippen LogP contribution >= 0.6 is 0 Å². The van der Waals surface area contributed by atoms with Gasteiger partial charge in [-0.3, -0.25) is 4.79 Å². The Balaban J connectivity index is 1.95. The molecule has 0 spiro atoms. The zero-order chi connectivity index (χ0) is 21.8. The van der Waals surface area contributed by atoms with Gasteiger partial charge in [0, 0.05) is 36.7 Å². The number of amides is 1. The highest BCUT2D eigenvalue weighted by atomic mass is 16.5. The summed E-state index contributed by atoms with van der Waals surface area (Å²) >= 11 is 0. The summed E-state index contributed by atoms with van der Waals surface area (Å²) in [4.78, 5) is 17.9. The number of methoxy groups -OCH3 is 5. The zero-order valence-electron chi connectivity index (χ0n) is 18.0. The van der Waals surface area contributed by atoms with E-state index < -0.39 is 0 Å². The van der Waals surface area contributed by atoms with Gasteiger partial charge in [-0.15, -0.1) is 0 Å². The molecular formula is C22H26N2O6. The number of rotatable bonds is 8. The third-order valence-electron chi connectivity index (χ3n) is 4.92. The van der Waals surface area contributed by atoms with Crippen LogP contribution in [0.15, 0.2) is 30.3 Å². The number of ether oxygens (including phenoxy) is 5. The highest BCUT2D eigenvalue weighted by molar-refractivity contribution is 6.02. The monoisotopic (exact) mass is 414 g/mol. The summed E-state index contributed by atoms with van der Waals surface area (Å²) in [6, 6.07) is 8.98. The highest BCUT2D eigenvalue weighted by Gasteiger charge is 2.22. The van der Waals surface area contributed by atoms with Crippen molar-refractivity contribution in [1.29, 1.82) is 0 Å². The molecule has 0 aliphatic heterocycles. The minimum absolute atomic E-state index is 0.188. The minimum atomic E-state index is -0.188. The molecule has 30 heavy (non-hydrogen) atoms. The lowest BCUT2D eigenvalue weighted by Gasteiger charge is -2.18. The lowest BCUT2D eigenvalue weighted by molar-refractivity contribution is 0.0779. The normalized spacial score (nSPS) is 10.6. The first-order chi connectivity index (χ1) is 14.5. The summed E-state index contributed by atoms with van der Waals surface area (Å²) in [7, 11) is 9.58. The first-order valence-corrected chi connectivity index (χ1v) is 9.25. The van der Waals surface area contributed by atoms with E-state index in [4.69, 9.17) is 23.7 Å². The predicted molar refractivity (Wildman–Crippen MR) is 113 cm³/mol. The topological polar surface area (TPSA) is 82.3 Å². The summed E-state index contributed by atoms with van der Waals surface area (Å²) in [5, 5.41) is 0.730. The van der Waals surface area contributed by atoms with Gasteiger partial charge in [0.15, 0.2) is 11.5 Å². The molecular weight excluding hydrogens is 388 g/mol. The van der Waals surface area contributed by atoms with Crippen LogP contribution in [0.25, 0.3) is 10.9 Å². The third-order valence-corrected chi connectivity index (χ3v) is 4.92. The number of nitrogens with one attached hydrogen (secondary N) is 1. The molecule has 0 aliphatic rings. The summed E-state index contributed by atoms with van der Waals surface area (Å²) < 4.78 is 27.0. The second-order valence-corrected chi connectivity index (χ2v) is 6.63. The number of hydrogen-bond acceptors (Lipinski definition) is 6. The van der Waals surface area contributed by atoms with Crippen molar-refractivity contribution in [2.24, 2.45) is 0 Å². The molecule has 0 saturated heterocycles. The van der Waals surface area contributed by atoms with E-state index in [1.807, 2.05) is 12.1 Å². The van der Waals surface area contributed by atoms with Gasteiger partial charge in [0.25, 0.3) is 5.91 Å². The van der Waals surface area contributed by atoms with Gasteiger partial charge in [-0.25, -0.2) is 0 Å². The minimum Gasteiger partial charge on any atom is -0.497 e. The molecule has 0 bridgehead atoms. The van der Waals surface area contributed by atoms with E-state index in [1.54, 1.807) is 65.7 Å². The first-order valence-electron chi connectivity index (χ1n) is 9.25. The fourth-order valence-corrected chi connectivity index (χ4v) is 3.37. The number of H-pyrrole nitrogens is 1. The molecule has 3 aromatic rings. The number of benzene rings is 2. The summed E-state index contributed by atoms with van der Waals surface area (Å²) in [6.07, 6.45) is 0. The molecule has 3 rings (SSSR count). The molecule has 1 aromatic heterocycles. The van der Waals surface area contributed by atoms with Crippen LogP contribution < -0.4 is 23.7 Å². The van der Waals surface area contributed by atoms with Crippen LogP contribution in [0.1, 0.15) is 16.1 Å². The number of carbonyl (C=O) groups is 1. The zero-order valence-corrected chi connectivity index (χ0v) is 18.0. The number of nitrogens with zero attached hydrogens (tertiary/aromatic N) is 1. The van der Waals surface area contributed by atoms with E-state index in [-0.39, 0.29) is 5.91 Å². The molecule has 1 N–H and O–H groups in total. The van der Waals surface area contributed by atoms with Gasteiger partial charge in [-0.1, -0.05) is 0 Å². The Morgan fingerprint density at radius 2 is 1.57 bits per heavy atom. The maximum atomic E-state index is 13.1. The van der Waals surface area contributed by atoms with Crippen molar-refractivity contribution < 1.29 is 28.5 Å². The number of aromatic nitrogens is 1. The van der Waals surface area contributed by atoms with Crippen molar-refractivity contribution in [2.45, 2.75) is 6.54 Å². The van der Waals surface area contributed by atoms with Crippen LogP contribution in [0.5, 0.6) is 28.7 Å². The molecule has 0 fully saturated rings. The van der Waals surface area contributed by atoms with Crippen LogP contribution in [0.2, 0.25) is 0 Å². The maximum Gasteiger partial charge on any atom is 0.270 e. The fraction of sp³-hybridized carbons (Fsp3) is 0.318. The molecule has 160 valence electrons. The number of carbonyl (C=O) groups excluding carboxylic acids is 1. The Morgan fingerprint density at radius 1 is 0.867 bits per heavy atom. The van der Waals surface area contributed by atoms with Gasteiger partial charge in [0.05, 0.1) is 41.1 Å². The molecule has 0 saturated carbocycles. The molecule has 1 amide bonds. The van der Waals surface area contributed by atoms with E-state index in [9.17, 15) is 4.79 Å². The second kappa shape index (κ2) is 8.86. The largest absolute Gasteiger partial charge is 0.497 e. The second-order valence-electron chi connectivity index (χ2n) is 6.63. The molecule has 0 radical (unpaired) electrons. The van der Waals surface area contributed by atoms with Crippen LogP contribution in [0.3, 0.4) is 0 Å². The van der Waals surface area contributed by atoms with Crippen molar-refractivity contribution >= 4 is 16.8 Å². The number of fused-ring (bicyclic) bond motifs is 1. The molecule has 0 atom stereocenters. The smallest absolute Gasteiger partial charge is 0.270 e. The first kappa shape index (κ1) is 21.2. The predicted octanol–water partition coefficient (Wildman–Crippen LogP) is 3.48. The quantitative estimate of drug-likeness (QED) is 0.608. The number of hydrogen-bond donors (Lipinski definition) is 1. The van der Waals surface area contributed by atoms with E-state index in [0.717, 1.165) is 10.9 Å². The molecule has 8 nitrogen and oxygen atoms in total. The van der Waals surface area contributed by atoms with Crippen molar-refractivity contribution in [3.63, 3.8) is 0 Å². The average Bonchev–Trinajstić information content (AvgIpc) is 3.22. The lowest BCUT2D eigenvalue weighted by atomic mass is 10.1. The molecule has 0 aliphatic carbocycles. The van der Waals surface area contributed by atoms with E-state index in [2.05, 4.69) is 4.98 Å². The third kappa shape index (κ3) is 3.80. The Hall–Kier alpha value is -3.55. The Bertz CT molecular complexity index is 1060. The Morgan fingerprint density at radius 3 is 2.17 bits per heavy atom. The van der Waals surface area contributed by atoms with Gasteiger partial charge in [-0.05, 0) is 18.2 Å². The van der Waals surface area contributed by atoms with Crippen molar-refractivity contribution in [1.82, 2.24) is 9.88 Å². The average molecular weight is 414 g/mol. The molecule has 1 heterocycles. The SMILES string of the molecule is COc1ccc(CN(C)C(=O)c2cc3c(OC)cc(OC)c(OC)c3[nH]2)c(OC)c1. The van der Waals surface area contributed by atoms with Crippen molar-refractivity contribution in [3.05, 3.63) is 41.6 Å². The van der Waals surface area contributed by atoms with Crippen LogP contribution in [-0.2, 0) is 6.54 Å².